The number of halogens is 1. The van der Waals surface area contributed by atoms with Crippen LogP contribution in [-0.2, 0) is 5.41 Å². The largest absolute Gasteiger partial charge is 0.342 e. The normalized spacial score (nSPS) is 11.8. The lowest BCUT2D eigenvalue weighted by Crippen LogP contribution is -2.29. The van der Waals surface area contributed by atoms with Gasteiger partial charge >= 0.3 is 0 Å². The van der Waals surface area contributed by atoms with Crippen LogP contribution in [-0.4, -0.2) is 16.5 Å². The molecule has 3 nitrogen and oxygen atoms in total. The van der Waals surface area contributed by atoms with E-state index in [1.165, 1.54) is 5.56 Å². The van der Waals surface area contributed by atoms with Gasteiger partial charge in [0.25, 0.3) is 0 Å². The molecule has 1 aromatic carbocycles. The summed E-state index contributed by atoms with van der Waals surface area (Å²) in [6.45, 7) is 6.83. The summed E-state index contributed by atoms with van der Waals surface area (Å²) in [5.41, 5.74) is 9.06. The van der Waals surface area contributed by atoms with Crippen LogP contribution < -0.4 is 5.73 Å². The van der Waals surface area contributed by atoms with Crippen LogP contribution in [0.2, 0.25) is 0 Å². The monoisotopic (exact) mass is 307 g/mol. The maximum absolute atomic E-state index is 5.77. The van der Waals surface area contributed by atoms with Crippen LogP contribution in [0.25, 0.3) is 11.3 Å². The van der Waals surface area contributed by atoms with Crippen LogP contribution in [0.4, 0.5) is 0 Å². The summed E-state index contributed by atoms with van der Waals surface area (Å²) in [7, 11) is 0. The molecule has 0 unspecified atom stereocenters. The second kappa shape index (κ2) is 4.86. The summed E-state index contributed by atoms with van der Waals surface area (Å²) in [4.78, 5) is 7.83. The Balaban J connectivity index is 2.44. The number of nitrogens with zero attached hydrogens (tertiary/aromatic N) is 1. The highest BCUT2D eigenvalue weighted by Gasteiger charge is 2.22. The minimum atomic E-state index is -0.127. The van der Waals surface area contributed by atoms with E-state index in [0.717, 1.165) is 21.6 Å². The highest BCUT2D eigenvalue weighted by molar-refractivity contribution is 9.10. The molecule has 0 atom stereocenters. The number of nitrogens with two attached hydrogens (primary N) is 1. The van der Waals surface area contributed by atoms with Crippen molar-refractivity contribution in [2.75, 3.05) is 6.54 Å². The molecule has 1 aromatic heterocycles. The molecule has 3 N–H and O–H groups in total. The lowest BCUT2D eigenvalue weighted by atomic mass is 9.93. The van der Waals surface area contributed by atoms with Crippen molar-refractivity contribution < 1.29 is 0 Å². The number of aromatic nitrogens is 2. The zero-order valence-electron chi connectivity index (χ0n) is 10.9. The Labute approximate surface area is 116 Å². The molecule has 0 bridgehead atoms. The smallest absolute Gasteiger partial charge is 0.113 e. The average Bonchev–Trinajstić information content (AvgIpc) is 2.82. The minimum Gasteiger partial charge on any atom is -0.342 e. The van der Waals surface area contributed by atoms with E-state index in [1.807, 2.05) is 12.3 Å². The Morgan fingerprint density at radius 3 is 2.78 bits per heavy atom. The highest BCUT2D eigenvalue weighted by atomic mass is 79.9. The standard InChI is InChI=1S/C14H18BrN3/c1-9-4-5-10(15)6-11(9)12-7-17-13(18-12)14(2,3)8-16/h4-7H,8,16H2,1-3H3,(H,17,18). The van der Waals surface area contributed by atoms with Gasteiger partial charge in [-0.3, -0.25) is 0 Å². The number of hydrogen-bond donors (Lipinski definition) is 2. The molecule has 0 amide bonds. The molecule has 0 aliphatic carbocycles. The predicted octanol–water partition coefficient (Wildman–Crippen LogP) is 3.38. The molecule has 2 aromatic rings. The topological polar surface area (TPSA) is 54.7 Å². The number of aryl methyl sites for hydroxylation is 1. The lowest BCUT2D eigenvalue weighted by molar-refractivity contribution is 0.508. The molecule has 0 saturated carbocycles. The summed E-state index contributed by atoms with van der Waals surface area (Å²) in [6, 6.07) is 6.23. The van der Waals surface area contributed by atoms with Crippen molar-refractivity contribution in [3.8, 4) is 11.3 Å². The fourth-order valence-electron chi connectivity index (χ4n) is 1.78. The van der Waals surface area contributed by atoms with E-state index in [0.29, 0.717) is 6.54 Å². The number of imidazole rings is 1. The minimum absolute atomic E-state index is 0.127. The van der Waals surface area contributed by atoms with Crippen molar-refractivity contribution in [2.24, 2.45) is 5.73 Å². The van der Waals surface area contributed by atoms with Crippen LogP contribution in [0.15, 0.2) is 28.9 Å². The number of hydrogen-bond acceptors (Lipinski definition) is 2. The number of aromatic amines is 1. The lowest BCUT2D eigenvalue weighted by Gasteiger charge is -2.19. The van der Waals surface area contributed by atoms with Crippen molar-refractivity contribution in [2.45, 2.75) is 26.2 Å². The van der Waals surface area contributed by atoms with Crippen molar-refractivity contribution in [3.05, 3.63) is 40.3 Å². The molecule has 4 heteroatoms. The summed E-state index contributed by atoms with van der Waals surface area (Å²) in [5, 5.41) is 0. The van der Waals surface area contributed by atoms with Gasteiger partial charge in [-0.15, -0.1) is 0 Å². The second-order valence-corrected chi connectivity index (χ2v) is 6.11. The Morgan fingerprint density at radius 1 is 1.39 bits per heavy atom. The third-order valence-corrected chi connectivity index (χ3v) is 3.71. The molecular formula is C14H18BrN3. The predicted molar refractivity (Wildman–Crippen MR) is 78.5 cm³/mol. The van der Waals surface area contributed by atoms with Gasteiger partial charge in [0.05, 0.1) is 11.9 Å². The first kappa shape index (κ1) is 13.3. The third-order valence-electron chi connectivity index (χ3n) is 3.22. The van der Waals surface area contributed by atoms with Crippen molar-refractivity contribution in [3.63, 3.8) is 0 Å². The fourth-order valence-corrected chi connectivity index (χ4v) is 2.14. The van der Waals surface area contributed by atoms with E-state index in [-0.39, 0.29) is 5.41 Å². The Morgan fingerprint density at radius 2 is 2.11 bits per heavy atom. The number of rotatable bonds is 3. The van der Waals surface area contributed by atoms with Gasteiger partial charge in [-0.2, -0.15) is 0 Å². The first-order chi connectivity index (χ1) is 8.44. The first-order valence-electron chi connectivity index (χ1n) is 5.96. The fraction of sp³-hybridized carbons (Fsp3) is 0.357. The molecule has 0 radical (unpaired) electrons. The van der Waals surface area contributed by atoms with E-state index in [1.54, 1.807) is 0 Å². The summed E-state index contributed by atoms with van der Waals surface area (Å²) in [5.74, 6) is 0.930. The quantitative estimate of drug-likeness (QED) is 0.913. The molecule has 1 heterocycles. The molecule has 0 spiro atoms. The van der Waals surface area contributed by atoms with E-state index in [9.17, 15) is 0 Å². The van der Waals surface area contributed by atoms with Crippen molar-refractivity contribution >= 4 is 15.9 Å². The maximum atomic E-state index is 5.77. The summed E-state index contributed by atoms with van der Waals surface area (Å²) >= 11 is 3.50. The van der Waals surface area contributed by atoms with Crippen LogP contribution in [0.3, 0.4) is 0 Å². The molecule has 0 fully saturated rings. The Kier molecular flexibility index (Phi) is 3.59. The Hall–Kier alpha value is -1.13. The molecular weight excluding hydrogens is 290 g/mol. The summed E-state index contributed by atoms with van der Waals surface area (Å²) in [6.07, 6.45) is 1.88. The molecule has 2 rings (SSSR count). The van der Waals surface area contributed by atoms with Gasteiger partial charge in [0.15, 0.2) is 0 Å². The molecule has 0 aliphatic heterocycles. The van der Waals surface area contributed by atoms with Crippen LogP contribution >= 0.6 is 15.9 Å². The Bertz CT molecular complexity index is 558. The first-order valence-corrected chi connectivity index (χ1v) is 6.75. The molecule has 96 valence electrons. The van der Waals surface area contributed by atoms with E-state index in [2.05, 4.69) is 58.8 Å². The van der Waals surface area contributed by atoms with E-state index >= 15 is 0 Å². The maximum Gasteiger partial charge on any atom is 0.113 e. The average molecular weight is 308 g/mol. The molecule has 0 aliphatic rings. The number of H-pyrrole nitrogens is 1. The van der Waals surface area contributed by atoms with Gasteiger partial charge in [0.2, 0.25) is 0 Å². The van der Waals surface area contributed by atoms with Crippen LogP contribution in [0, 0.1) is 6.92 Å². The van der Waals surface area contributed by atoms with Gasteiger partial charge in [-0.05, 0) is 24.6 Å². The van der Waals surface area contributed by atoms with Gasteiger partial charge in [-0.1, -0.05) is 35.8 Å². The summed E-state index contributed by atoms with van der Waals surface area (Å²) < 4.78 is 1.07. The van der Waals surface area contributed by atoms with Crippen molar-refractivity contribution in [1.29, 1.82) is 0 Å². The van der Waals surface area contributed by atoms with Gasteiger partial charge in [0.1, 0.15) is 5.82 Å². The zero-order valence-corrected chi connectivity index (χ0v) is 12.5. The zero-order chi connectivity index (χ0) is 13.3. The number of nitrogens with one attached hydrogen (secondary N) is 1. The SMILES string of the molecule is Cc1ccc(Br)cc1-c1cnc(C(C)(C)CN)[nH]1. The molecule has 18 heavy (non-hydrogen) atoms. The van der Waals surface area contributed by atoms with E-state index < -0.39 is 0 Å². The van der Waals surface area contributed by atoms with E-state index in [4.69, 9.17) is 5.73 Å². The number of benzene rings is 1. The van der Waals surface area contributed by atoms with Crippen LogP contribution in [0.1, 0.15) is 25.2 Å². The second-order valence-electron chi connectivity index (χ2n) is 5.19. The van der Waals surface area contributed by atoms with Gasteiger partial charge < -0.3 is 10.7 Å². The third kappa shape index (κ3) is 2.49. The van der Waals surface area contributed by atoms with Crippen LogP contribution in [0.5, 0.6) is 0 Å². The molecule has 0 saturated heterocycles. The van der Waals surface area contributed by atoms with Gasteiger partial charge in [-0.25, -0.2) is 4.98 Å². The van der Waals surface area contributed by atoms with Gasteiger partial charge in [0, 0.05) is 22.0 Å². The highest BCUT2D eigenvalue weighted by Crippen LogP contribution is 2.27. The van der Waals surface area contributed by atoms with Crippen molar-refractivity contribution in [1.82, 2.24) is 9.97 Å².